The van der Waals surface area contributed by atoms with Crippen LogP contribution in [0.15, 0.2) is 54.6 Å². The van der Waals surface area contributed by atoms with Gasteiger partial charge in [0.2, 0.25) is 11.8 Å². The molecule has 3 N–H and O–H groups in total. The number of aliphatic hydroxyl groups is 1. The van der Waals surface area contributed by atoms with E-state index in [-0.39, 0.29) is 24.6 Å². The van der Waals surface area contributed by atoms with Crippen molar-refractivity contribution >= 4 is 17.7 Å². The first-order valence-electron chi connectivity index (χ1n) is 8.19. The Morgan fingerprint density at radius 1 is 0.962 bits per heavy atom. The summed E-state index contributed by atoms with van der Waals surface area (Å²) in [5.41, 5.74) is 6.65. The molecule has 0 bridgehead atoms. The number of nitrogens with zero attached hydrogens (tertiary/aromatic N) is 2. The molecule has 1 aliphatic heterocycles. The molecule has 1 fully saturated rings. The third-order valence-electron chi connectivity index (χ3n) is 4.41. The van der Waals surface area contributed by atoms with Gasteiger partial charge in [0.1, 0.15) is 12.8 Å². The molecule has 1 heterocycles. The fourth-order valence-electron chi connectivity index (χ4n) is 3.22. The van der Waals surface area contributed by atoms with Gasteiger partial charge < -0.3 is 20.6 Å². The Hall–Kier alpha value is -3.19. The number of primary amides is 1. The first-order chi connectivity index (χ1) is 12.5. The van der Waals surface area contributed by atoms with Gasteiger partial charge in [0.15, 0.2) is 0 Å². The molecular formula is C19H19N3O4. The molecule has 1 aliphatic rings. The summed E-state index contributed by atoms with van der Waals surface area (Å²) in [6.07, 6.45) is -0.800. The van der Waals surface area contributed by atoms with Crippen molar-refractivity contribution in [3.8, 4) is 0 Å². The molecule has 1 atom stereocenters. The third-order valence-corrected chi connectivity index (χ3v) is 4.41. The predicted molar refractivity (Wildman–Crippen MR) is 94.0 cm³/mol. The minimum absolute atomic E-state index is 0.237. The van der Waals surface area contributed by atoms with Crippen molar-refractivity contribution in [2.24, 2.45) is 5.73 Å². The Balaban J connectivity index is 2.07. The highest BCUT2D eigenvalue weighted by Crippen LogP contribution is 2.33. The Labute approximate surface area is 150 Å². The molecular weight excluding hydrogens is 334 g/mol. The maximum atomic E-state index is 13.0. The highest BCUT2D eigenvalue weighted by Gasteiger charge is 2.40. The van der Waals surface area contributed by atoms with Gasteiger partial charge >= 0.3 is 0 Å². The van der Waals surface area contributed by atoms with Gasteiger partial charge in [-0.05, 0) is 18.2 Å². The van der Waals surface area contributed by atoms with E-state index >= 15 is 0 Å². The summed E-state index contributed by atoms with van der Waals surface area (Å²) in [5, 5.41) is 9.29. The number of rotatable bonds is 4. The summed E-state index contributed by atoms with van der Waals surface area (Å²) in [4.78, 5) is 39.9. The summed E-state index contributed by atoms with van der Waals surface area (Å²) in [6, 6.07) is 15.3. The molecule has 0 saturated carbocycles. The first kappa shape index (κ1) is 17.6. The lowest BCUT2D eigenvalue weighted by molar-refractivity contribution is -0.136. The molecule has 2 aromatic rings. The van der Waals surface area contributed by atoms with Crippen molar-refractivity contribution in [2.45, 2.75) is 6.17 Å². The van der Waals surface area contributed by atoms with E-state index in [1.54, 1.807) is 48.5 Å². The predicted octanol–water partition coefficient (Wildman–Crippen LogP) is 0.761. The third kappa shape index (κ3) is 3.16. The second-order valence-corrected chi connectivity index (χ2v) is 5.93. The van der Waals surface area contributed by atoms with Crippen molar-refractivity contribution in [1.29, 1.82) is 0 Å². The summed E-state index contributed by atoms with van der Waals surface area (Å²) in [7, 11) is 0. The minimum atomic E-state index is -0.800. The lowest BCUT2D eigenvalue weighted by atomic mass is 10.0. The molecule has 2 aromatic carbocycles. The second-order valence-electron chi connectivity index (χ2n) is 5.93. The van der Waals surface area contributed by atoms with Gasteiger partial charge in [0.25, 0.3) is 5.91 Å². The molecule has 7 heteroatoms. The number of carbonyl (C=O) groups excluding carboxylic acids is 3. The van der Waals surface area contributed by atoms with Gasteiger partial charge in [0, 0.05) is 29.8 Å². The van der Waals surface area contributed by atoms with Crippen molar-refractivity contribution in [1.82, 2.24) is 9.80 Å². The van der Waals surface area contributed by atoms with E-state index in [0.717, 1.165) is 0 Å². The van der Waals surface area contributed by atoms with Crippen molar-refractivity contribution in [2.75, 3.05) is 19.7 Å². The smallest absolute Gasteiger partial charge is 0.255 e. The molecule has 26 heavy (non-hydrogen) atoms. The molecule has 1 saturated heterocycles. The summed E-state index contributed by atoms with van der Waals surface area (Å²) < 4.78 is 0. The van der Waals surface area contributed by atoms with Crippen molar-refractivity contribution in [3.63, 3.8) is 0 Å². The largest absolute Gasteiger partial charge is 0.387 e. The zero-order chi connectivity index (χ0) is 18.7. The van der Waals surface area contributed by atoms with E-state index in [2.05, 4.69) is 0 Å². The molecule has 0 aliphatic carbocycles. The van der Waals surface area contributed by atoms with Crippen molar-refractivity contribution in [3.05, 3.63) is 71.3 Å². The Morgan fingerprint density at radius 3 is 2.23 bits per heavy atom. The maximum absolute atomic E-state index is 13.0. The van der Waals surface area contributed by atoms with Gasteiger partial charge in [-0.15, -0.1) is 0 Å². The van der Waals surface area contributed by atoms with Crippen LogP contribution >= 0.6 is 0 Å². The molecule has 0 aromatic heterocycles. The van der Waals surface area contributed by atoms with E-state index in [1.807, 2.05) is 6.07 Å². The standard InChI is InChI=1S/C19H19N3O4/c20-17(25)14-8-4-5-9-15(14)18-21(16(24)12-23)10-11-22(18)19(26)13-6-2-1-3-7-13/h1-9,18,23H,10-12H2,(H2,20,25). The summed E-state index contributed by atoms with van der Waals surface area (Å²) >= 11 is 0. The van der Waals surface area contributed by atoms with Crippen LogP contribution in [-0.2, 0) is 4.79 Å². The molecule has 7 nitrogen and oxygen atoms in total. The topological polar surface area (TPSA) is 104 Å². The van der Waals surface area contributed by atoms with E-state index in [9.17, 15) is 19.5 Å². The normalized spacial score (nSPS) is 16.6. The van der Waals surface area contributed by atoms with Crippen LogP contribution in [-0.4, -0.2) is 52.3 Å². The summed E-state index contributed by atoms with van der Waals surface area (Å²) in [6.45, 7) is -0.129. The van der Waals surface area contributed by atoms with Crippen LogP contribution in [0.3, 0.4) is 0 Å². The van der Waals surface area contributed by atoms with Crippen LogP contribution in [0.25, 0.3) is 0 Å². The molecule has 134 valence electrons. The number of nitrogens with two attached hydrogens (primary N) is 1. The zero-order valence-electron chi connectivity index (χ0n) is 14.0. The molecule has 0 radical (unpaired) electrons. The fourth-order valence-corrected chi connectivity index (χ4v) is 3.22. The van der Waals surface area contributed by atoms with Crippen LogP contribution < -0.4 is 5.73 Å². The van der Waals surface area contributed by atoms with Gasteiger partial charge in [-0.1, -0.05) is 36.4 Å². The average molecular weight is 353 g/mol. The lowest BCUT2D eigenvalue weighted by Crippen LogP contribution is -2.40. The lowest BCUT2D eigenvalue weighted by Gasteiger charge is -2.31. The number of benzene rings is 2. The highest BCUT2D eigenvalue weighted by atomic mass is 16.3. The van der Waals surface area contributed by atoms with Crippen LogP contribution in [0.5, 0.6) is 0 Å². The van der Waals surface area contributed by atoms with E-state index in [0.29, 0.717) is 11.1 Å². The van der Waals surface area contributed by atoms with Crippen LogP contribution in [0, 0.1) is 0 Å². The number of hydrogen-bond donors (Lipinski definition) is 2. The number of amides is 3. The van der Waals surface area contributed by atoms with Gasteiger partial charge in [-0.3, -0.25) is 14.4 Å². The van der Waals surface area contributed by atoms with Crippen LogP contribution in [0.2, 0.25) is 0 Å². The molecule has 3 amide bonds. The average Bonchev–Trinajstić information content (AvgIpc) is 3.12. The van der Waals surface area contributed by atoms with Gasteiger partial charge in [0.05, 0.1) is 0 Å². The Kier molecular flexibility index (Phi) is 4.99. The van der Waals surface area contributed by atoms with Crippen LogP contribution in [0.1, 0.15) is 32.4 Å². The highest BCUT2D eigenvalue weighted by molar-refractivity contribution is 5.97. The Bertz CT molecular complexity index is 838. The van der Waals surface area contributed by atoms with Gasteiger partial charge in [-0.2, -0.15) is 0 Å². The molecule has 1 unspecified atom stereocenters. The summed E-state index contributed by atoms with van der Waals surface area (Å²) in [5.74, 6) is -1.42. The zero-order valence-corrected chi connectivity index (χ0v) is 14.0. The second kappa shape index (κ2) is 7.37. The van der Waals surface area contributed by atoms with Gasteiger partial charge in [-0.25, -0.2) is 0 Å². The van der Waals surface area contributed by atoms with E-state index < -0.39 is 24.6 Å². The van der Waals surface area contributed by atoms with Crippen molar-refractivity contribution < 1.29 is 19.5 Å². The number of carbonyl (C=O) groups is 3. The Morgan fingerprint density at radius 2 is 1.58 bits per heavy atom. The fraction of sp³-hybridized carbons (Fsp3) is 0.211. The van der Waals surface area contributed by atoms with Crippen LogP contribution in [0.4, 0.5) is 0 Å². The molecule has 0 spiro atoms. The van der Waals surface area contributed by atoms with E-state index in [4.69, 9.17) is 5.73 Å². The number of aliphatic hydroxyl groups excluding tert-OH is 1. The number of hydrogen-bond acceptors (Lipinski definition) is 4. The van der Waals surface area contributed by atoms with E-state index in [1.165, 1.54) is 9.80 Å². The first-order valence-corrected chi connectivity index (χ1v) is 8.19. The quantitative estimate of drug-likeness (QED) is 0.847. The molecule has 3 rings (SSSR count). The monoisotopic (exact) mass is 353 g/mol. The maximum Gasteiger partial charge on any atom is 0.255 e. The SMILES string of the molecule is NC(=O)c1ccccc1C1N(C(=O)CO)CCN1C(=O)c1ccccc1. The minimum Gasteiger partial charge on any atom is -0.387 e.